The summed E-state index contributed by atoms with van der Waals surface area (Å²) in [6.07, 6.45) is 3.70. The topological polar surface area (TPSA) is 24.4 Å². The zero-order chi connectivity index (χ0) is 10.8. The zero-order valence-corrected chi connectivity index (χ0v) is 10.3. The molecule has 0 unspecified atom stereocenters. The van der Waals surface area contributed by atoms with Crippen molar-refractivity contribution in [3.8, 4) is 0 Å². The molecule has 0 aromatic carbocycles. The van der Waals surface area contributed by atoms with Gasteiger partial charge in [-0.05, 0) is 52.1 Å². The standard InChI is InChI=1S/C12H26N2/c1-5-14-12(4)8-6-7-9-13-10-11(2)3/h11,13H,5-10H2,1-4H3. The second kappa shape index (κ2) is 9.20. The van der Waals surface area contributed by atoms with E-state index in [-0.39, 0.29) is 0 Å². The monoisotopic (exact) mass is 198 g/mol. The molecule has 2 heteroatoms. The fourth-order valence-corrected chi connectivity index (χ4v) is 1.37. The number of hydrogen-bond acceptors (Lipinski definition) is 2. The molecule has 0 saturated heterocycles. The predicted octanol–water partition coefficient (Wildman–Crippen LogP) is 2.88. The minimum atomic E-state index is 0.762. The van der Waals surface area contributed by atoms with Gasteiger partial charge in [0.25, 0.3) is 0 Å². The fourth-order valence-electron chi connectivity index (χ4n) is 1.37. The van der Waals surface area contributed by atoms with Crippen molar-refractivity contribution in [2.75, 3.05) is 19.6 Å². The van der Waals surface area contributed by atoms with Crippen LogP contribution >= 0.6 is 0 Å². The van der Waals surface area contributed by atoms with Crippen molar-refractivity contribution < 1.29 is 0 Å². The van der Waals surface area contributed by atoms with Crippen molar-refractivity contribution >= 4 is 5.71 Å². The van der Waals surface area contributed by atoms with Crippen molar-refractivity contribution in [3.63, 3.8) is 0 Å². The van der Waals surface area contributed by atoms with Gasteiger partial charge in [0.1, 0.15) is 0 Å². The highest BCUT2D eigenvalue weighted by Crippen LogP contribution is 1.97. The molecule has 0 bridgehead atoms. The Bertz CT molecular complexity index is 150. The van der Waals surface area contributed by atoms with E-state index in [0.29, 0.717) is 0 Å². The molecule has 0 atom stereocenters. The van der Waals surface area contributed by atoms with Gasteiger partial charge in [-0.3, -0.25) is 4.99 Å². The van der Waals surface area contributed by atoms with Crippen molar-refractivity contribution in [1.29, 1.82) is 0 Å². The highest BCUT2D eigenvalue weighted by molar-refractivity contribution is 5.81. The smallest absolute Gasteiger partial charge is 0.0360 e. The second-order valence-corrected chi connectivity index (χ2v) is 4.26. The average Bonchev–Trinajstić information content (AvgIpc) is 2.11. The Hall–Kier alpha value is -0.370. The van der Waals surface area contributed by atoms with Crippen LogP contribution in [-0.4, -0.2) is 25.3 Å². The van der Waals surface area contributed by atoms with Crippen LogP contribution in [0.15, 0.2) is 4.99 Å². The Morgan fingerprint density at radius 3 is 2.57 bits per heavy atom. The van der Waals surface area contributed by atoms with Crippen LogP contribution in [0.1, 0.15) is 47.0 Å². The molecule has 84 valence electrons. The first-order valence-corrected chi connectivity index (χ1v) is 5.87. The molecule has 0 heterocycles. The average molecular weight is 198 g/mol. The Morgan fingerprint density at radius 1 is 1.29 bits per heavy atom. The van der Waals surface area contributed by atoms with E-state index < -0.39 is 0 Å². The quantitative estimate of drug-likeness (QED) is 0.471. The largest absolute Gasteiger partial charge is 0.316 e. The third-order valence-electron chi connectivity index (χ3n) is 2.12. The van der Waals surface area contributed by atoms with Crippen LogP contribution in [0.4, 0.5) is 0 Å². The molecule has 0 amide bonds. The van der Waals surface area contributed by atoms with Crippen LogP contribution in [0, 0.1) is 5.92 Å². The third-order valence-corrected chi connectivity index (χ3v) is 2.12. The molecular weight excluding hydrogens is 172 g/mol. The minimum Gasteiger partial charge on any atom is -0.316 e. The Kier molecular flexibility index (Phi) is 8.95. The second-order valence-electron chi connectivity index (χ2n) is 4.26. The molecule has 1 N–H and O–H groups in total. The molecule has 2 nitrogen and oxygen atoms in total. The minimum absolute atomic E-state index is 0.762. The normalized spacial score (nSPS) is 12.5. The van der Waals surface area contributed by atoms with Gasteiger partial charge in [-0.1, -0.05) is 13.8 Å². The third kappa shape index (κ3) is 9.72. The molecule has 0 radical (unpaired) electrons. The highest BCUT2D eigenvalue weighted by Gasteiger charge is 1.94. The van der Waals surface area contributed by atoms with Crippen molar-refractivity contribution in [2.24, 2.45) is 10.9 Å². The lowest BCUT2D eigenvalue weighted by Gasteiger charge is -2.06. The molecule has 0 aromatic rings. The van der Waals surface area contributed by atoms with Gasteiger partial charge in [-0.2, -0.15) is 0 Å². The van der Waals surface area contributed by atoms with Crippen LogP contribution in [0.5, 0.6) is 0 Å². The van der Waals surface area contributed by atoms with E-state index in [2.05, 4.69) is 38.0 Å². The fraction of sp³-hybridized carbons (Fsp3) is 0.917. The van der Waals surface area contributed by atoms with Crippen LogP contribution in [-0.2, 0) is 0 Å². The SMILES string of the molecule is CCN=C(C)CCCCNCC(C)C. The number of hydrogen-bond donors (Lipinski definition) is 1. The lowest BCUT2D eigenvalue weighted by atomic mass is 10.1. The molecule has 0 aliphatic heterocycles. The lowest BCUT2D eigenvalue weighted by Crippen LogP contribution is -2.20. The first-order valence-electron chi connectivity index (χ1n) is 5.87. The van der Waals surface area contributed by atoms with E-state index >= 15 is 0 Å². The number of nitrogens with zero attached hydrogens (tertiary/aromatic N) is 1. The maximum absolute atomic E-state index is 4.37. The number of aliphatic imine (C=N–C) groups is 1. The van der Waals surface area contributed by atoms with E-state index in [1.54, 1.807) is 0 Å². The summed E-state index contributed by atoms with van der Waals surface area (Å²) in [4.78, 5) is 4.37. The van der Waals surface area contributed by atoms with Gasteiger partial charge in [0.15, 0.2) is 0 Å². The van der Waals surface area contributed by atoms with Crippen molar-refractivity contribution in [1.82, 2.24) is 5.32 Å². The molecule has 14 heavy (non-hydrogen) atoms. The van der Waals surface area contributed by atoms with Crippen LogP contribution in [0.25, 0.3) is 0 Å². The zero-order valence-electron chi connectivity index (χ0n) is 10.3. The van der Waals surface area contributed by atoms with E-state index in [0.717, 1.165) is 32.0 Å². The maximum Gasteiger partial charge on any atom is 0.0360 e. The summed E-state index contributed by atoms with van der Waals surface area (Å²) in [5, 5.41) is 3.45. The molecule has 0 aliphatic rings. The lowest BCUT2D eigenvalue weighted by molar-refractivity contribution is 0.538. The summed E-state index contributed by atoms with van der Waals surface area (Å²) in [7, 11) is 0. The molecule has 0 fully saturated rings. The van der Waals surface area contributed by atoms with Gasteiger partial charge in [-0.15, -0.1) is 0 Å². The number of rotatable bonds is 8. The number of unbranched alkanes of at least 4 members (excludes halogenated alkanes) is 1. The van der Waals surface area contributed by atoms with Gasteiger partial charge in [0.2, 0.25) is 0 Å². The number of nitrogens with one attached hydrogen (secondary N) is 1. The molecule has 0 spiro atoms. The van der Waals surface area contributed by atoms with Gasteiger partial charge in [0, 0.05) is 12.3 Å². The highest BCUT2D eigenvalue weighted by atomic mass is 14.8. The maximum atomic E-state index is 4.37. The van der Waals surface area contributed by atoms with Gasteiger partial charge < -0.3 is 5.32 Å². The van der Waals surface area contributed by atoms with Gasteiger partial charge >= 0.3 is 0 Å². The summed E-state index contributed by atoms with van der Waals surface area (Å²) >= 11 is 0. The molecular formula is C12H26N2. The van der Waals surface area contributed by atoms with E-state index in [1.807, 2.05) is 0 Å². The van der Waals surface area contributed by atoms with Gasteiger partial charge in [-0.25, -0.2) is 0 Å². The Balaban J connectivity index is 3.17. The van der Waals surface area contributed by atoms with Crippen LogP contribution in [0.3, 0.4) is 0 Å². The summed E-state index contributed by atoms with van der Waals surface area (Å²) in [5.41, 5.74) is 1.30. The first kappa shape index (κ1) is 13.6. The summed E-state index contributed by atoms with van der Waals surface area (Å²) in [5.74, 6) is 0.762. The first-order chi connectivity index (χ1) is 6.66. The molecule has 0 saturated carbocycles. The summed E-state index contributed by atoms with van der Waals surface area (Å²) in [6, 6.07) is 0. The van der Waals surface area contributed by atoms with E-state index in [9.17, 15) is 0 Å². The molecule has 0 aliphatic carbocycles. The Labute approximate surface area is 89.2 Å². The summed E-state index contributed by atoms with van der Waals surface area (Å²) < 4.78 is 0. The van der Waals surface area contributed by atoms with Gasteiger partial charge in [0.05, 0.1) is 0 Å². The van der Waals surface area contributed by atoms with Crippen molar-refractivity contribution in [3.05, 3.63) is 0 Å². The predicted molar refractivity (Wildman–Crippen MR) is 65.2 cm³/mol. The Morgan fingerprint density at radius 2 is 2.00 bits per heavy atom. The van der Waals surface area contributed by atoms with E-state index in [1.165, 1.54) is 18.6 Å². The summed E-state index contributed by atoms with van der Waals surface area (Å²) in [6.45, 7) is 11.9. The van der Waals surface area contributed by atoms with E-state index in [4.69, 9.17) is 0 Å². The molecule has 0 rings (SSSR count). The molecule has 0 aromatic heterocycles. The van der Waals surface area contributed by atoms with Crippen LogP contribution < -0.4 is 5.32 Å². The van der Waals surface area contributed by atoms with Crippen molar-refractivity contribution in [2.45, 2.75) is 47.0 Å². The van der Waals surface area contributed by atoms with Crippen LogP contribution in [0.2, 0.25) is 0 Å².